The maximum Gasteiger partial charge on any atom is 0.228 e. The average molecular weight is 241 g/mol. The molecule has 1 rings (SSSR count). The lowest BCUT2D eigenvalue weighted by Gasteiger charge is -2.20. The minimum absolute atomic E-state index is 0.0788. The summed E-state index contributed by atoms with van der Waals surface area (Å²) >= 11 is 1.76. The van der Waals surface area contributed by atoms with E-state index in [1.54, 1.807) is 11.8 Å². The Bertz CT molecular complexity index is 348. The van der Waals surface area contributed by atoms with Crippen molar-refractivity contribution in [2.24, 2.45) is 0 Å². The third kappa shape index (κ3) is 4.65. The number of nitrogen functional groups attached to an aromatic ring is 1. The molecule has 0 radical (unpaired) electrons. The zero-order valence-corrected chi connectivity index (χ0v) is 11.1. The highest BCUT2D eigenvalue weighted by Gasteiger charge is 2.12. The van der Waals surface area contributed by atoms with Gasteiger partial charge in [-0.05, 0) is 27.0 Å². The Morgan fingerprint density at radius 2 is 1.94 bits per heavy atom. The van der Waals surface area contributed by atoms with Crippen molar-refractivity contribution in [2.75, 3.05) is 23.1 Å². The van der Waals surface area contributed by atoms with Crippen LogP contribution in [-0.4, -0.2) is 32.5 Å². The summed E-state index contributed by atoms with van der Waals surface area (Å²) in [6.07, 6.45) is 2.87. The lowest BCUT2D eigenvalue weighted by Crippen LogP contribution is -2.28. The molecule has 3 N–H and O–H groups in total. The first-order valence-corrected chi connectivity index (χ1v) is 6.57. The number of hydrogen-bond acceptors (Lipinski definition) is 6. The molecular weight excluding hydrogens is 222 g/mol. The van der Waals surface area contributed by atoms with Gasteiger partial charge in [0.25, 0.3) is 0 Å². The molecule has 0 aliphatic rings. The highest BCUT2D eigenvalue weighted by Crippen LogP contribution is 2.11. The van der Waals surface area contributed by atoms with Gasteiger partial charge in [-0.15, -0.1) is 0 Å². The fraction of sp³-hybridized carbons (Fsp3) is 0.700. The summed E-state index contributed by atoms with van der Waals surface area (Å²) in [4.78, 5) is 12.5. The maximum absolute atomic E-state index is 5.64. The molecule has 16 heavy (non-hydrogen) atoms. The first kappa shape index (κ1) is 13.0. The molecule has 0 saturated carbocycles. The van der Waals surface area contributed by atoms with E-state index in [9.17, 15) is 0 Å². The monoisotopic (exact) mass is 241 g/mol. The number of hydrogen-bond donors (Lipinski definition) is 2. The van der Waals surface area contributed by atoms with E-state index >= 15 is 0 Å². The van der Waals surface area contributed by atoms with Crippen LogP contribution in [0.1, 0.15) is 26.6 Å². The van der Waals surface area contributed by atoms with Gasteiger partial charge >= 0.3 is 0 Å². The predicted molar refractivity (Wildman–Crippen MR) is 69.7 cm³/mol. The van der Waals surface area contributed by atoms with Gasteiger partial charge in [0, 0.05) is 17.7 Å². The van der Waals surface area contributed by atoms with Crippen molar-refractivity contribution in [3.8, 4) is 0 Å². The van der Waals surface area contributed by atoms with Crippen molar-refractivity contribution in [1.29, 1.82) is 0 Å². The normalized spacial score (nSPS) is 11.5. The van der Waals surface area contributed by atoms with E-state index in [2.05, 4.69) is 47.3 Å². The largest absolute Gasteiger partial charge is 0.368 e. The predicted octanol–water partition coefficient (Wildman–Crippen LogP) is 1.57. The van der Waals surface area contributed by atoms with Gasteiger partial charge in [-0.2, -0.15) is 26.7 Å². The summed E-state index contributed by atoms with van der Waals surface area (Å²) in [6.45, 7) is 6.15. The van der Waals surface area contributed by atoms with E-state index in [1.165, 1.54) is 0 Å². The molecule has 0 bridgehead atoms. The lowest BCUT2D eigenvalue weighted by molar-refractivity contribution is 0.624. The van der Waals surface area contributed by atoms with Crippen LogP contribution >= 0.6 is 11.8 Å². The zero-order valence-electron chi connectivity index (χ0n) is 10.2. The fourth-order valence-electron chi connectivity index (χ4n) is 1.13. The van der Waals surface area contributed by atoms with Crippen molar-refractivity contribution >= 4 is 23.7 Å². The number of nitrogens with two attached hydrogens (primary N) is 1. The zero-order chi connectivity index (χ0) is 12.2. The number of nitrogens with zero attached hydrogens (tertiary/aromatic N) is 3. The van der Waals surface area contributed by atoms with Crippen LogP contribution in [0.5, 0.6) is 0 Å². The Morgan fingerprint density at radius 1 is 1.25 bits per heavy atom. The molecule has 0 spiro atoms. The van der Waals surface area contributed by atoms with Crippen LogP contribution in [0.15, 0.2) is 0 Å². The van der Waals surface area contributed by atoms with Crippen LogP contribution in [0, 0.1) is 0 Å². The summed E-state index contributed by atoms with van der Waals surface area (Å²) in [7, 11) is 0. The number of rotatable bonds is 4. The molecular formula is C10H19N5S. The van der Waals surface area contributed by atoms with E-state index in [0.717, 1.165) is 18.0 Å². The van der Waals surface area contributed by atoms with Gasteiger partial charge in [-0.3, -0.25) is 0 Å². The molecule has 0 saturated heterocycles. The molecule has 1 aromatic heterocycles. The van der Waals surface area contributed by atoms with Crippen molar-refractivity contribution in [3.05, 3.63) is 5.82 Å². The van der Waals surface area contributed by atoms with E-state index in [-0.39, 0.29) is 11.5 Å². The van der Waals surface area contributed by atoms with E-state index < -0.39 is 0 Å². The van der Waals surface area contributed by atoms with Crippen LogP contribution in [0.2, 0.25) is 0 Å². The average Bonchev–Trinajstić information content (AvgIpc) is 2.10. The maximum atomic E-state index is 5.64. The third-order valence-electron chi connectivity index (χ3n) is 1.72. The van der Waals surface area contributed by atoms with Crippen LogP contribution in [0.25, 0.3) is 0 Å². The van der Waals surface area contributed by atoms with Crippen LogP contribution in [0.4, 0.5) is 11.9 Å². The Hall–Kier alpha value is -1.04. The van der Waals surface area contributed by atoms with Gasteiger partial charge in [0.1, 0.15) is 5.82 Å². The highest BCUT2D eigenvalue weighted by molar-refractivity contribution is 7.98. The molecule has 1 aromatic rings. The molecule has 90 valence electrons. The Kier molecular flexibility index (Phi) is 4.35. The van der Waals surface area contributed by atoms with Crippen molar-refractivity contribution in [2.45, 2.75) is 32.7 Å². The summed E-state index contributed by atoms with van der Waals surface area (Å²) < 4.78 is 0. The summed E-state index contributed by atoms with van der Waals surface area (Å²) in [5, 5.41) is 3.19. The van der Waals surface area contributed by atoms with Crippen LogP contribution in [-0.2, 0) is 6.42 Å². The van der Waals surface area contributed by atoms with Crippen LogP contribution < -0.4 is 11.1 Å². The Balaban J connectivity index is 2.81. The van der Waals surface area contributed by atoms with E-state index in [4.69, 9.17) is 5.73 Å². The molecule has 0 unspecified atom stereocenters. The van der Waals surface area contributed by atoms with Gasteiger partial charge in [0.05, 0.1) is 0 Å². The SMILES string of the molecule is CSCCc1nc(N)nc(NC(C)(C)C)n1. The van der Waals surface area contributed by atoms with Crippen molar-refractivity contribution in [1.82, 2.24) is 15.0 Å². The molecule has 0 aliphatic heterocycles. The summed E-state index contributed by atoms with van der Waals surface area (Å²) in [6, 6.07) is 0. The van der Waals surface area contributed by atoms with Gasteiger partial charge in [0.2, 0.25) is 11.9 Å². The summed E-state index contributed by atoms with van der Waals surface area (Å²) in [5.74, 6) is 2.56. The standard InChI is InChI=1S/C10H19N5S/c1-10(2,3)15-9-13-7(5-6-16-4)12-8(11)14-9/h5-6H2,1-4H3,(H3,11,12,13,14,15). The minimum atomic E-state index is -0.0788. The fourth-order valence-corrected chi connectivity index (χ4v) is 1.52. The first-order chi connectivity index (χ1) is 7.40. The molecule has 1 heterocycles. The molecule has 0 atom stereocenters. The highest BCUT2D eigenvalue weighted by atomic mass is 32.2. The number of nitrogens with one attached hydrogen (secondary N) is 1. The number of aromatic nitrogens is 3. The molecule has 0 amide bonds. The molecule has 6 heteroatoms. The smallest absolute Gasteiger partial charge is 0.228 e. The quantitative estimate of drug-likeness (QED) is 0.833. The van der Waals surface area contributed by atoms with E-state index in [1.807, 2.05) is 0 Å². The number of aryl methyl sites for hydroxylation is 1. The van der Waals surface area contributed by atoms with Gasteiger partial charge in [-0.25, -0.2) is 0 Å². The number of anilines is 2. The lowest BCUT2D eigenvalue weighted by atomic mass is 10.1. The second-order valence-electron chi connectivity index (χ2n) is 4.55. The van der Waals surface area contributed by atoms with Gasteiger partial charge in [-0.1, -0.05) is 0 Å². The molecule has 0 fully saturated rings. The first-order valence-electron chi connectivity index (χ1n) is 5.18. The minimum Gasteiger partial charge on any atom is -0.368 e. The summed E-state index contributed by atoms with van der Waals surface area (Å²) in [5.41, 5.74) is 5.56. The molecule has 0 aromatic carbocycles. The second kappa shape index (κ2) is 5.34. The molecule has 0 aliphatic carbocycles. The topological polar surface area (TPSA) is 76.7 Å². The van der Waals surface area contributed by atoms with Crippen molar-refractivity contribution in [3.63, 3.8) is 0 Å². The van der Waals surface area contributed by atoms with Gasteiger partial charge in [0.15, 0.2) is 0 Å². The third-order valence-corrected chi connectivity index (χ3v) is 2.33. The Morgan fingerprint density at radius 3 is 2.50 bits per heavy atom. The second-order valence-corrected chi connectivity index (χ2v) is 5.54. The molecule has 5 nitrogen and oxygen atoms in total. The van der Waals surface area contributed by atoms with E-state index in [0.29, 0.717) is 5.95 Å². The Labute approximate surface area is 101 Å². The number of thioether (sulfide) groups is 1. The van der Waals surface area contributed by atoms with Gasteiger partial charge < -0.3 is 11.1 Å². The van der Waals surface area contributed by atoms with Crippen LogP contribution in [0.3, 0.4) is 0 Å². The van der Waals surface area contributed by atoms with Crippen molar-refractivity contribution < 1.29 is 0 Å².